The van der Waals surface area contributed by atoms with Gasteiger partial charge in [0.05, 0.1) is 6.61 Å². The van der Waals surface area contributed by atoms with Gasteiger partial charge in [0.2, 0.25) is 5.88 Å². The first-order valence-electron chi connectivity index (χ1n) is 8.86. The van der Waals surface area contributed by atoms with E-state index >= 15 is 0 Å². The van der Waals surface area contributed by atoms with Crippen LogP contribution < -0.4 is 15.4 Å². The first-order chi connectivity index (χ1) is 13.2. The maximum absolute atomic E-state index is 12.4. The maximum atomic E-state index is 12.4. The van der Waals surface area contributed by atoms with E-state index in [9.17, 15) is 4.79 Å². The van der Waals surface area contributed by atoms with Crippen LogP contribution in [0.3, 0.4) is 0 Å². The molecule has 0 saturated heterocycles. The lowest BCUT2D eigenvalue weighted by Crippen LogP contribution is -2.34. The van der Waals surface area contributed by atoms with Gasteiger partial charge in [0.25, 0.3) is 5.91 Å². The van der Waals surface area contributed by atoms with Crippen molar-refractivity contribution in [2.45, 2.75) is 26.2 Å². The number of para-hydroxylation sites is 1. The van der Waals surface area contributed by atoms with Gasteiger partial charge in [0, 0.05) is 11.6 Å². The Morgan fingerprint density at radius 2 is 2.07 bits per heavy atom. The number of ether oxygens (including phenoxy) is 1. The monoisotopic (exact) mass is 383 g/mol. The van der Waals surface area contributed by atoms with Crippen LogP contribution in [0.5, 0.6) is 5.88 Å². The fourth-order valence-electron chi connectivity index (χ4n) is 2.53. The molecule has 2 heterocycles. The molecule has 3 rings (SSSR count). The maximum Gasteiger partial charge on any atom is 0.293 e. The topological polar surface area (TPSA) is 76.4 Å². The van der Waals surface area contributed by atoms with Gasteiger partial charge in [-0.1, -0.05) is 38.0 Å². The Morgan fingerprint density at radius 3 is 2.89 bits per heavy atom. The Morgan fingerprint density at radius 1 is 1.22 bits per heavy atom. The number of thiocarbonyl (C=S) groups is 1. The predicted octanol–water partition coefficient (Wildman–Crippen LogP) is 4.52. The molecule has 2 N–H and O–H groups in total. The zero-order valence-electron chi connectivity index (χ0n) is 15.0. The van der Waals surface area contributed by atoms with Crippen LogP contribution in [0, 0.1) is 0 Å². The molecular formula is C20H21N3O3S. The van der Waals surface area contributed by atoms with Gasteiger partial charge in [0.15, 0.2) is 10.9 Å². The molecular weight excluding hydrogens is 362 g/mol. The van der Waals surface area contributed by atoms with Crippen molar-refractivity contribution in [2.24, 2.45) is 0 Å². The van der Waals surface area contributed by atoms with Crippen molar-refractivity contribution in [2.75, 3.05) is 11.9 Å². The highest BCUT2D eigenvalue weighted by Crippen LogP contribution is 2.21. The van der Waals surface area contributed by atoms with Crippen molar-refractivity contribution in [3.8, 4) is 5.88 Å². The second-order valence-electron chi connectivity index (χ2n) is 5.97. The molecule has 1 aromatic carbocycles. The SMILES string of the molecule is CCCCCOc1ncccc1NC(=S)NC(=O)c1cc2ccccc2o1. The molecule has 0 aliphatic carbocycles. The third kappa shape index (κ3) is 5.04. The van der Waals surface area contributed by atoms with Crippen LogP contribution in [0.2, 0.25) is 0 Å². The summed E-state index contributed by atoms with van der Waals surface area (Å²) in [5.74, 6) is 0.231. The average molecular weight is 383 g/mol. The van der Waals surface area contributed by atoms with Crippen molar-refractivity contribution in [3.63, 3.8) is 0 Å². The molecule has 1 amide bonds. The largest absolute Gasteiger partial charge is 0.476 e. The Balaban J connectivity index is 1.61. The molecule has 0 bridgehead atoms. The summed E-state index contributed by atoms with van der Waals surface area (Å²) in [4.78, 5) is 16.6. The molecule has 7 heteroatoms. The van der Waals surface area contributed by atoms with E-state index in [2.05, 4.69) is 22.5 Å². The van der Waals surface area contributed by atoms with Gasteiger partial charge < -0.3 is 14.5 Å². The number of amides is 1. The molecule has 0 spiro atoms. The van der Waals surface area contributed by atoms with Gasteiger partial charge in [-0.2, -0.15) is 0 Å². The number of unbranched alkanes of at least 4 members (excludes halogenated alkanes) is 2. The molecule has 0 saturated carbocycles. The van der Waals surface area contributed by atoms with Gasteiger partial charge in [-0.15, -0.1) is 0 Å². The van der Waals surface area contributed by atoms with E-state index in [1.165, 1.54) is 0 Å². The molecule has 0 unspecified atom stereocenters. The molecule has 0 fully saturated rings. The molecule has 0 radical (unpaired) electrons. The molecule has 0 atom stereocenters. The Labute approximate surface area is 162 Å². The lowest BCUT2D eigenvalue weighted by atomic mass is 10.2. The molecule has 0 aliphatic rings. The fraction of sp³-hybridized carbons (Fsp3) is 0.250. The smallest absolute Gasteiger partial charge is 0.293 e. The summed E-state index contributed by atoms with van der Waals surface area (Å²) in [6.45, 7) is 2.72. The minimum Gasteiger partial charge on any atom is -0.476 e. The molecule has 0 aliphatic heterocycles. The highest BCUT2D eigenvalue weighted by atomic mass is 32.1. The number of carbonyl (C=O) groups is 1. The van der Waals surface area contributed by atoms with E-state index in [4.69, 9.17) is 21.4 Å². The van der Waals surface area contributed by atoms with E-state index in [1.807, 2.05) is 18.2 Å². The first-order valence-corrected chi connectivity index (χ1v) is 9.27. The molecule has 27 heavy (non-hydrogen) atoms. The van der Waals surface area contributed by atoms with Gasteiger partial charge in [-0.05, 0) is 42.9 Å². The summed E-state index contributed by atoms with van der Waals surface area (Å²) in [6, 6.07) is 12.7. The minimum absolute atomic E-state index is 0.145. The summed E-state index contributed by atoms with van der Waals surface area (Å²) in [5.41, 5.74) is 1.25. The predicted molar refractivity (Wildman–Crippen MR) is 109 cm³/mol. The number of carbonyl (C=O) groups excluding carboxylic acids is 1. The van der Waals surface area contributed by atoms with E-state index in [-0.39, 0.29) is 10.9 Å². The Kier molecular flexibility index (Phi) is 6.38. The summed E-state index contributed by atoms with van der Waals surface area (Å²) in [5, 5.41) is 6.57. The minimum atomic E-state index is -0.419. The van der Waals surface area contributed by atoms with Gasteiger partial charge in [0.1, 0.15) is 11.3 Å². The fourth-order valence-corrected chi connectivity index (χ4v) is 2.74. The number of nitrogens with one attached hydrogen (secondary N) is 2. The van der Waals surface area contributed by atoms with Crippen LogP contribution in [0.4, 0.5) is 5.69 Å². The number of benzene rings is 1. The Bertz CT molecular complexity index is 906. The van der Waals surface area contributed by atoms with E-state index in [0.717, 1.165) is 24.6 Å². The van der Waals surface area contributed by atoms with Gasteiger partial charge in [-0.3, -0.25) is 10.1 Å². The zero-order valence-corrected chi connectivity index (χ0v) is 15.8. The number of rotatable bonds is 7. The highest BCUT2D eigenvalue weighted by molar-refractivity contribution is 7.80. The number of furan rings is 1. The van der Waals surface area contributed by atoms with Crippen LogP contribution in [-0.4, -0.2) is 22.6 Å². The first kappa shape index (κ1) is 18.8. The number of pyridine rings is 1. The third-order valence-electron chi connectivity index (χ3n) is 3.88. The number of nitrogens with zero attached hydrogens (tertiary/aromatic N) is 1. The lowest BCUT2D eigenvalue weighted by molar-refractivity contribution is 0.0953. The van der Waals surface area contributed by atoms with Crippen LogP contribution >= 0.6 is 12.2 Å². The van der Waals surface area contributed by atoms with E-state index in [1.54, 1.807) is 30.5 Å². The van der Waals surface area contributed by atoms with Crippen molar-refractivity contribution in [3.05, 3.63) is 54.4 Å². The van der Waals surface area contributed by atoms with E-state index < -0.39 is 5.91 Å². The van der Waals surface area contributed by atoms with Crippen molar-refractivity contribution in [1.82, 2.24) is 10.3 Å². The number of hydrogen-bond donors (Lipinski definition) is 2. The number of aromatic nitrogens is 1. The van der Waals surface area contributed by atoms with Crippen LogP contribution in [0.25, 0.3) is 11.0 Å². The normalized spacial score (nSPS) is 10.6. The Hall–Kier alpha value is -2.93. The molecule has 3 aromatic rings. The number of anilines is 1. The summed E-state index contributed by atoms with van der Waals surface area (Å²) < 4.78 is 11.2. The van der Waals surface area contributed by atoms with Gasteiger partial charge >= 0.3 is 0 Å². The third-order valence-corrected chi connectivity index (χ3v) is 4.09. The number of hydrogen-bond acceptors (Lipinski definition) is 5. The lowest BCUT2D eigenvalue weighted by Gasteiger charge is -2.12. The number of fused-ring (bicyclic) bond motifs is 1. The summed E-state index contributed by atoms with van der Waals surface area (Å²) in [6.07, 6.45) is 4.83. The van der Waals surface area contributed by atoms with Crippen molar-refractivity contribution in [1.29, 1.82) is 0 Å². The van der Waals surface area contributed by atoms with Crippen molar-refractivity contribution >= 4 is 39.9 Å². The van der Waals surface area contributed by atoms with Crippen LogP contribution in [0.1, 0.15) is 36.7 Å². The second kappa shape index (κ2) is 9.14. The van der Waals surface area contributed by atoms with Crippen LogP contribution in [0.15, 0.2) is 53.1 Å². The zero-order chi connectivity index (χ0) is 19.1. The molecule has 2 aromatic heterocycles. The van der Waals surface area contributed by atoms with Crippen LogP contribution in [-0.2, 0) is 0 Å². The average Bonchev–Trinajstić information content (AvgIpc) is 3.11. The van der Waals surface area contributed by atoms with E-state index in [0.29, 0.717) is 23.8 Å². The quantitative estimate of drug-likeness (QED) is 0.461. The summed E-state index contributed by atoms with van der Waals surface area (Å²) in [7, 11) is 0. The van der Waals surface area contributed by atoms with Crippen molar-refractivity contribution < 1.29 is 13.9 Å². The molecule has 140 valence electrons. The molecule has 6 nitrogen and oxygen atoms in total. The van der Waals surface area contributed by atoms with Gasteiger partial charge in [-0.25, -0.2) is 4.98 Å². The highest BCUT2D eigenvalue weighted by Gasteiger charge is 2.14. The summed E-state index contributed by atoms with van der Waals surface area (Å²) >= 11 is 5.24. The second-order valence-corrected chi connectivity index (χ2v) is 6.38. The standard InChI is InChI=1S/C20H21N3O3S/c1-2-3-6-12-25-19-15(9-7-11-21-19)22-20(27)23-18(24)17-13-14-8-4-5-10-16(14)26-17/h4-5,7-11,13H,2-3,6,12H2,1H3,(H2,22,23,24,27).